The predicted octanol–water partition coefficient (Wildman–Crippen LogP) is 7.09. The lowest BCUT2D eigenvalue weighted by molar-refractivity contribution is -0.137. The molecule has 10 heteroatoms. The van der Waals surface area contributed by atoms with Crippen molar-refractivity contribution in [2.24, 2.45) is 4.99 Å². The Kier molecular flexibility index (Phi) is 7.72. The lowest BCUT2D eigenvalue weighted by atomic mass is 10.0. The molecule has 2 aliphatic rings. The molecule has 1 fully saturated rings. The van der Waals surface area contributed by atoms with E-state index in [2.05, 4.69) is 24.8 Å². The van der Waals surface area contributed by atoms with Gasteiger partial charge < -0.3 is 4.90 Å². The van der Waals surface area contributed by atoms with Gasteiger partial charge in [-0.3, -0.25) is 9.89 Å². The van der Waals surface area contributed by atoms with Crippen LogP contribution >= 0.6 is 0 Å². The van der Waals surface area contributed by atoms with Crippen LogP contribution in [0.15, 0.2) is 84.1 Å². The molecular formula is C32H28F5N5. The van der Waals surface area contributed by atoms with Gasteiger partial charge in [-0.2, -0.15) is 13.2 Å². The van der Waals surface area contributed by atoms with Gasteiger partial charge in [-0.1, -0.05) is 42.5 Å². The zero-order chi connectivity index (χ0) is 29.3. The van der Waals surface area contributed by atoms with Crippen LogP contribution in [-0.2, 0) is 12.7 Å². The average molecular weight is 578 g/mol. The van der Waals surface area contributed by atoms with Gasteiger partial charge in [0, 0.05) is 56.4 Å². The molecule has 6 rings (SSSR count). The fourth-order valence-corrected chi connectivity index (χ4v) is 5.49. The van der Waals surface area contributed by atoms with Crippen molar-refractivity contribution >= 4 is 11.7 Å². The Hall–Kier alpha value is -4.18. The van der Waals surface area contributed by atoms with Gasteiger partial charge in [0.05, 0.1) is 17.2 Å². The maximum absolute atomic E-state index is 14.2. The predicted molar refractivity (Wildman–Crippen MR) is 151 cm³/mol. The maximum Gasteiger partial charge on any atom is 0.416 e. The van der Waals surface area contributed by atoms with E-state index >= 15 is 0 Å². The van der Waals surface area contributed by atoms with Gasteiger partial charge in [-0.05, 0) is 53.8 Å². The summed E-state index contributed by atoms with van der Waals surface area (Å²) in [7, 11) is 0. The first-order valence-electron chi connectivity index (χ1n) is 13.8. The lowest BCUT2D eigenvalue weighted by Gasteiger charge is -2.34. The third-order valence-electron chi connectivity index (χ3n) is 7.83. The van der Waals surface area contributed by atoms with Crippen molar-refractivity contribution in [1.29, 1.82) is 0 Å². The molecule has 216 valence electrons. The van der Waals surface area contributed by atoms with E-state index in [9.17, 15) is 22.0 Å². The van der Waals surface area contributed by atoms with Crippen LogP contribution in [0, 0.1) is 11.6 Å². The van der Waals surface area contributed by atoms with Crippen molar-refractivity contribution in [2.45, 2.75) is 31.6 Å². The Labute approximate surface area is 240 Å². The SMILES string of the molecule is Fc1cccc(F)c1C1=NC(c2ccc(-c3cnc(N4CCN(Cc5ccc(C(F)(F)F)cc5)CC4)nc3)cc2)CC1. The molecule has 0 bridgehead atoms. The zero-order valence-electron chi connectivity index (χ0n) is 22.7. The van der Waals surface area contributed by atoms with Gasteiger partial charge in [-0.15, -0.1) is 0 Å². The summed E-state index contributed by atoms with van der Waals surface area (Å²) >= 11 is 0. The molecule has 1 aromatic heterocycles. The maximum atomic E-state index is 14.2. The topological polar surface area (TPSA) is 44.6 Å². The van der Waals surface area contributed by atoms with E-state index in [4.69, 9.17) is 0 Å². The summed E-state index contributed by atoms with van der Waals surface area (Å²) < 4.78 is 66.8. The third kappa shape index (κ3) is 6.04. The molecule has 1 atom stereocenters. The number of hydrogen-bond acceptors (Lipinski definition) is 5. The summed E-state index contributed by atoms with van der Waals surface area (Å²) in [5.74, 6) is -0.542. The van der Waals surface area contributed by atoms with Crippen molar-refractivity contribution in [3.8, 4) is 11.1 Å². The molecule has 0 saturated carbocycles. The van der Waals surface area contributed by atoms with Crippen LogP contribution in [0.1, 0.15) is 41.1 Å². The summed E-state index contributed by atoms with van der Waals surface area (Å²) in [5.41, 5.74) is 3.45. The van der Waals surface area contributed by atoms with Crippen LogP contribution < -0.4 is 4.90 Å². The van der Waals surface area contributed by atoms with Gasteiger partial charge in [0.1, 0.15) is 11.6 Å². The lowest BCUT2D eigenvalue weighted by Crippen LogP contribution is -2.46. The minimum absolute atomic E-state index is 0.0329. The highest BCUT2D eigenvalue weighted by Gasteiger charge is 2.30. The molecule has 3 aromatic carbocycles. The van der Waals surface area contributed by atoms with Crippen LogP contribution in [0.2, 0.25) is 0 Å². The summed E-state index contributed by atoms with van der Waals surface area (Å²) in [6.45, 7) is 3.53. The second-order valence-corrected chi connectivity index (χ2v) is 10.6. The molecule has 1 saturated heterocycles. The van der Waals surface area contributed by atoms with Gasteiger partial charge in [0.15, 0.2) is 0 Å². The number of hydrogen-bond donors (Lipinski definition) is 0. The Morgan fingerprint density at radius 2 is 1.40 bits per heavy atom. The highest BCUT2D eigenvalue weighted by Crippen LogP contribution is 2.34. The largest absolute Gasteiger partial charge is 0.416 e. The summed E-state index contributed by atoms with van der Waals surface area (Å²) in [4.78, 5) is 18.1. The molecule has 1 unspecified atom stereocenters. The Morgan fingerprint density at radius 3 is 2.02 bits per heavy atom. The number of halogens is 5. The van der Waals surface area contributed by atoms with Gasteiger partial charge >= 0.3 is 6.18 Å². The monoisotopic (exact) mass is 577 g/mol. The molecule has 3 heterocycles. The van der Waals surface area contributed by atoms with E-state index < -0.39 is 23.4 Å². The first-order valence-corrected chi connectivity index (χ1v) is 13.8. The number of nitrogens with zero attached hydrogens (tertiary/aromatic N) is 5. The molecule has 2 aliphatic heterocycles. The van der Waals surface area contributed by atoms with Crippen LogP contribution in [0.5, 0.6) is 0 Å². The van der Waals surface area contributed by atoms with Crippen molar-refractivity contribution in [3.05, 3.63) is 113 Å². The molecule has 0 N–H and O–H groups in total. The molecule has 4 aromatic rings. The smallest absolute Gasteiger partial charge is 0.338 e. The van der Waals surface area contributed by atoms with Crippen LogP contribution in [-0.4, -0.2) is 46.8 Å². The second kappa shape index (κ2) is 11.6. The van der Waals surface area contributed by atoms with Crippen LogP contribution in [0.25, 0.3) is 11.1 Å². The van der Waals surface area contributed by atoms with Crippen molar-refractivity contribution in [1.82, 2.24) is 14.9 Å². The molecule has 0 spiro atoms. The standard InChI is InChI=1S/C32H28F5N5/c33-26-2-1-3-27(34)30(26)29-13-12-28(40-29)23-8-6-22(7-9-23)24-18-38-31(39-19-24)42-16-14-41(15-17-42)20-21-4-10-25(11-5-21)32(35,36)37/h1-11,18-19,28H,12-17,20H2. The molecule has 0 aliphatic carbocycles. The number of aliphatic imine (C=N–C) groups is 1. The van der Waals surface area contributed by atoms with E-state index in [0.29, 0.717) is 31.0 Å². The number of rotatable bonds is 6. The summed E-state index contributed by atoms with van der Waals surface area (Å²) in [6.07, 6.45) is 0.463. The second-order valence-electron chi connectivity index (χ2n) is 10.6. The number of benzene rings is 3. The minimum atomic E-state index is -4.33. The highest BCUT2D eigenvalue weighted by atomic mass is 19.4. The fourth-order valence-electron chi connectivity index (χ4n) is 5.49. The molecule has 42 heavy (non-hydrogen) atoms. The average Bonchev–Trinajstić information content (AvgIpc) is 3.47. The van der Waals surface area contributed by atoms with Gasteiger partial charge in [-0.25, -0.2) is 18.7 Å². The number of aromatic nitrogens is 2. The van der Waals surface area contributed by atoms with Crippen molar-refractivity contribution < 1.29 is 22.0 Å². The third-order valence-corrected chi connectivity index (χ3v) is 7.83. The Morgan fingerprint density at radius 1 is 0.762 bits per heavy atom. The van der Waals surface area contributed by atoms with E-state index in [-0.39, 0.29) is 11.6 Å². The first-order chi connectivity index (χ1) is 20.2. The van der Waals surface area contributed by atoms with Crippen LogP contribution in [0.3, 0.4) is 0 Å². The quantitative estimate of drug-likeness (QED) is 0.230. The van der Waals surface area contributed by atoms with E-state index in [1.165, 1.54) is 30.3 Å². The highest BCUT2D eigenvalue weighted by molar-refractivity contribution is 6.02. The molecule has 0 radical (unpaired) electrons. The number of anilines is 1. The molecule has 5 nitrogen and oxygen atoms in total. The number of alkyl halides is 3. The summed E-state index contributed by atoms with van der Waals surface area (Å²) in [5, 5.41) is 0. The Bertz CT molecular complexity index is 1540. The van der Waals surface area contributed by atoms with Gasteiger partial charge in [0.25, 0.3) is 0 Å². The zero-order valence-corrected chi connectivity index (χ0v) is 22.7. The van der Waals surface area contributed by atoms with Crippen molar-refractivity contribution in [2.75, 3.05) is 31.1 Å². The van der Waals surface area contributed by atoms with Gasteiger partial charge in [0.2, 0.25) is 5.95 Å². The van der Waals surface area contributed by atoms with E-state index in [0.717, 1.165) is 60.6 Å². The van der Waals surface area contributed by atoms with Crippen molar-refractivity contribution in [3.63, 3.8) is 0 Å². The minimum Gasteiger partial charge on any atom is -0.338 e. The van der Waals surface area contributed by atoms with E-state index in [1.807, 2.05) is 24.3 Å². The Balaban J connectivity index is 1.04. The normalized spacial score (nSPS) is 17.9. The summed E-state index contributed by atoms with van der Waals surface area (Å²) in [6, 6.07) is 17.0. The first kappa shape index (κ1) is 28.0. The molecular weight excluding hydrogens is 549 g/mol. The fraction of sp³-hybridized carbons (Fsp3) is 0.281. The number of piperazine rings is 1. The van der Waals surface area contributed by atoms with Crippen LogP contribution in [0.4, 0.5) is 27.9 Å². The van der Waals surface area contributed by atoms with E-state index in [1.54, 1.807) is 12.4 Å². The molecule has 0 amide bonds.